The summed E-state index contributed by atoms with van der Waals surface area (Å²) in [6.45, 7) is 5.56. The van der Waals surface area contributed by atoms with Crippen LogP contribution in [0.15, 0.2) is 48.5 Å². The van der Waals surface area contributed by atoms with Crippen LogP contribution in [-0.2, 0) is 17.8 Å². The van der Waals surface area contributed by atoms with E-state index in [1.165, 1.54) is 0 Å². The van der Waals surface area contributed by atoms with E-state index in [2.05, 4.69) is 15.5 Å². The molecule has 1 aliphatic rings. The predicted molar refractivity (Wildman–Crippen MR) is 108 cm³/mol. The minimum Gasteiger partial charge on any atom is -0.362 e. The number of rotatable bonds is 6. The molecule has 0 fully saturated rings. The number of hydrogen-bond donors (Lipinski definition) is 2. The summed E-state index contributed by atoms with van der Waals surface area (Å²) >= 11 is 0. The minimum absolute atomic E-state index is 0.0104. The molecule has 0 saturated heterocycles. The van der Waals surface area contributed by atoms with E-state index in [1.54, 1.807) is 0 Å². The average molecular weight is 365 g/mol. The van der Waals surface area contributed by atoms with E-state index >= 15 is 0 Å². The summed E-state index contributed by atoms with van der Waals surface area (Å²) in [7, 11) is 0. The molecule has 0 saturated carbocycles. The average Bonchev–Trinajstić information content (AvgIpc) is 2.66. The van der Waals surface area contributed by atoms with E-state index in [1.807, 2.05) is 62.4 Å². The van der Waals surface area contributed by atoms with Gasteiger partial charge in [-0.3, -0.25) is 9.59 Å². The number of carbonyl (C=O) groups excluding carboxylic acids is 2. The number of amides is 2. The molecule has 142 valence electrons. The molecule has 0 aromatic heterocycles. The Kier molecular flexibility index (Phi) is 6.12. The lowest BCUT2D eigenvalue weighted by atomic mass is 9.95. The third-order valence-corrected chi connectivity index (χ3v) is 4.68. The van der Waals surface area contributed by atoms with Gasteiger partial charge in [-0.25, -0.2) is 0 Å². The zero-order valence-electron chi connectivity index (χ0n) is 16.0. The predicted octanol–water partition coefficient (Wildman–Crippen LogP) is 2.89. The van der Waals surface area contributed by atoms with Crippen LogP contribution in [0.1, 0.15) is 41.8 Å². The molecule has 27 heavy (non-hydrogen) atoms. The first-order chi connectivity index (χ1) is 13.0. The van der Waals surface area contributed by atoms with Crippen molar-refractivity contribution in [2.45, 2.75) is 39.3 Å². The molecule has 5 heteroatoms. The molecule has 0 radical (unpaired) electrons. The fraction of sp³-hybridized carbons (Fsp3) is 0.364. The van der Waals surface area contributed by atoms with Crippen LogP contribution >= 0.6 is 0 Å². The maximum atomic E-state index is 12.5. The zero-order chi connectivity index (χ0) is 19.2. The number of nitrogens with zero attached hydrogens (tertiary/aromatic N) is 1. The van der Waals surface area contributed by atoms with Gasteiger partial charge >= 0.3 is 0 Å². The largest absolute Gasteiger partial charge is 0.362 e. The van der Waals surface area contributed by atoms with Crippen molar-refractivity contribution in [3.8, 4) is 0 Å². The Labute approximate surface area is 160 Å². The van der Waals surface area contributed by atoms with Crippen LogP contribution in [0.2, 0.25) is 0 Å². The summed E-state index contributed by atoms with van der Waals surface area (Å²) in [5.41, 5.74) is 3.83. The van der Waals surface area contributed by atoms with Crippen molar-refractivity contribution < 1.29 is 9.59 Å². The topological polar surface area (TPSA) is 61.4 Å². The van der Waals surface area contributed by atoms with Crippen LogP contribution in [0.25, 0.3) is 0 Å². The van der Waals surface area contributed by atoms with E-state index in [9.17, 15) is 9.59 Å². The third kappa shape index (κ3) is 4.88. The van der Waals surface area contributed by atoms with E-state index < -0.39 is 0 Å². The Morgan fingerprint density at radius 1 is 1.07 bits per heavy atom. The standard InChI is InChI=1S/C22H27N3O2/c1-16(2)24-22(27)19-10-6-12-20-18(19)11-7-13-25(20)15-21(26)23-14-17-8-4-3-5-9-17/h3-6,8-10,12,16H,7,11,13-15H2,1-2H3,(H,23,26)(H,24,27). The number of anilines is 1. The van der Waals surface area contributed by atoms with E-state index in [0.717, 1.165) is 41.8 Å². The highest BCUT2D eigenvalue weighted by Crippen LogP contribution is 2.29. The Hall–Kier alpha value is -2.82. The van der Waals surface area contributed by atoms with Crippen molar-refractivity contribution in [2.24, 2.45) is 0 Å². The summed E-state index contributed by atoms with van der Waals surface area (Å²) in [6.07, 6.45) is 1.80. The van der Waals surface area contributed by atoms with Gasteiger partial charge in [0.1, 0.15) is 0 Å². The van der Waals surface area contributed by atoms with Crippen LogP contribution in [0.5, 0.6) is 0 Å². The molecule has 0 atom stereocenters. The number of hydrogen-bond acceptors (Lipinski definition) is 3. The van der Waals surface area contributed by atoms with Gasteiger partial charge in [0, 0.05) is 30.4 Å². The van der Waals surface area contributed by atoms with E-state index in [4.69, 9.17) is 0 Å². The number of carbonyl (C=O) groups is 2. The lowest BCUT2D eigenvalue weighted by Crippen LogP contribution is -2.40. The summed E-state index contributed by atoms with van der Waals surface area (Å²) in [6, 6.07) is 15.7. The maximum Gasteiger partial charge on any atom is 0.251 e. The molecule has 5 nitrogen and oxygen atoms in total. The van der Waals surface area contributed by atoms with Crippen molar-refractivity contribution >= 4 is 17.5 Å². The highest BCUT2D eigenvalue weighted by molar-refractivity contribution is 5.97. The second kappa shape index (κ2) is 8.71. The summed E-state index contributed by atoms with van der Waals surface area (Å²) in [4.78, 5) is 27.0. The molecule has 0 unspecified atom stereocenters. The number of fused-ring (bicyclic) bond motifs is 1. The molecular weight excluding hydrogens is 338 g/mol. The summed E-state index contributed by atoms with van der Waals surface area (Å²) in [5, 5.41) is 5.95. The van der Waals surface area contributed by atoms with Gasteiger partial charge in [-0.2, -0.15) is 0 Å². The first kappa shape index (κ1) is 19.0. The Bertz CT molecular complexity index is 802. The second-order valence-electron chi connectivity index (χ2n) is 7.22. The second-order valence-corrected chi connectivity index (χ2v) is 7.22. The Balaban J connectivity index is 1.69. The van der Waals surface area contributed by atoms with Crippen molar-refractivity contribution in [3.63, 3.8) is 0 Å². The van der Waals surface area contributed by atoms with Crippen LogP contribution < -0.4 is 15.5 Å². The number of benzene rings is 2. The van der Waals surface area contributed by atoms with Gasteiger partial charge in [0.25, 0.3) is 5.91 Å². The van der Waals surface area contributed by atoms with Gasteiger partial charge in [0.15, 0.2) is 0 Å². The van der Waals surface area contributed by atoms with Crippen LogP contribution in [0.4, 0.5) is 5.69 Å². The Morgan fingerprint density at radius 2 is 1.85 bits per heavy atom. The van der Waals surface area contributed by atoms with Crippen molar-refractivity contribution in [2.75, 3.05) is 18.0 Å². The van der Waals surface area contributed by atoms with Crippen molar-refractivity contribution in [1.29, 1.82) is 0 Å². The molecule has 0 bridgehead atoms. The van der Waals surface area contributed by atoms with Gasteiger partial charge in [-0.05, 0) is 49.9 Å². The van der Waals surface area contributed by atoms with Crippen LogP contribution in [0.3, 0.4) is 0 Å². The van der Waals surface area contributed by atoms with Gasteiger partial charge in [-0.1, -0.05) is 36.4 Å². The normalized spacial score (nSPS) is 13.2. The van der Waals surface area contributed by atoms with E-state index in [-0.39, 0.29) is 17.9 Å². The fourth-order valence-electron chi connectivity index (χ4n) is 3.44. The molecule has 2 N–H and O–H groups in total. The minimum atomic E-state index is -0.0442. The van der Waals surface area contributed by atoms with Crippen LogP contribution in [0, 0.1) is 0 Å². The lowest BCUT2D eigenvalue weighted by molar-refractivity contribution is -0.119. The van der Waals surface area contributed by atoms with Gasteiger partial charge in [-0.15, -0.1) is 0 Å². The molecule has 0 aliphatic carbocycles. The lowest BCUT2D eigenvalue weighted by Gasteiger charge is -2.32. The number of nitrogens with one attached hydrogen (secondary N) is 2. The van der Waals surface area contributed by atoms with Crippen LogP contribution in [-0.4, -0.2) is 30.9 Å². The van der Waals surface area contributed by atoms with Crippen molar-refractivity contribution in [3.05, 3.63) is 65.2 Å². The van der Waals surface area contributed by atoms with Crippen molar-refractivity contribution in [1.82, 2.24) is 10.6 Å². The summed E-state index contributed by atoms with van der Waals surface area (Å²) < 4.78 is 0. The van der Waals surface area contributed by atoms with Gasteiger partial charge < -0.3 is 15.5 Å². The highest BCUT2D eigenvalue weighted by Gasteiger charge is 2.23. The molecule has 1 aliphatic heterocycles. The molecule has 2 aromatic rings. The zero-order valence-corrected chi connectivity index (χ0v) is 16.0. The first-order valence-corrected chi connectivity index (χ1v) is 9.53. The van der Waals surface area contributed by atoms with Gasteiger partial charge in [0.05, 0.1) is 6.54 Å². The monoisotopic (exact) mass is 365 g/mol. The molecule has 3 rings (SSSR count). The molecule has 0 spiro atoms. The SMILES string of the molecule is CC(C)NC(=O)c1cccc2c1CCCN2CC(=O)NCc1ccccc1. The quantitative estimate of drug-likeness (QED) is 0.827. The molecular formula is C22H27N3O2. The Morgan fingerprint density at radius 3 is 2.59 bits per heavy atom. The third-order valence-electron chi connectivity index (χ3n) is 4.68. The molecule has 2 aromatic carbocycles. The first-order valence-electron chi connectivity index (χ1n) is 9.53. The fourth-order valence-corrected chi connectivity index (χ4v) is 3.44. The maximum absolute atomic E-state index is 12.5. The summed E-state index contributed by atoms with van der Waals surface area (Å²) in [5.74, 6) is -0.0547. The molecule has 1 heterocycles. The smallest absolute Gasteiger partial charge is 0.251 e. The molecule has 2 amide bonds. The van der Waals surface area contributed by atoms with E-state index in [0.29, 0.717) is 13.1 Å². The highest BCUT2D eigenvalue weighted by atomic mass is 16.2. The van der Waals surface area contributed by atoms with Gasteiger partial charge in [0.2, 0.25) is 5.91 Å².